The third-order valence-corrected chi connectivity index (χ3v) is 24.1. The number of allylic oxidation sites excluding steroid dienone is 3. The van der Waals surface area contributed by atoms with Crippen LogP contribution in [0.5, 0.6) is 0 Å². The predicted molar refractivity (Wildman–Crippen MR) is 126 cm³/mol. The minimum atomic E-state index is -3.19. The Kier molecular flexibility index (Phi) is 7.44. The van der Waals surface area contributed by atoms with Gasteiger partial charge in [0.05, 0.1) is 0 Å². The van der Waals surface area contributed by atoms with Crippen molar-refractivity contribution < 1.29 is 22.5 Å². The van der Waals surface area contributed by atoms with Gasteiger partial charge >= 0.3 is 160 Å². The Morgan fingerprint density at radius 3 is 2.29 bits per heavy atom. The third-order valence-electron chi connectivity index (χ3n) is 6.46. The first kappa shape index (κ1) is 23.8. The second kappa shape index (κ2) is 8.74. The molecule has 0 amide bonds. The molecule has 0 saturated heterocycles. The van der Waals surface area contributed by atoms with E-state index in [0.717, 1.165) is 12.8 Å². The quantitative estimate of drug-likeness (QED) is 0.499. The molecule has 0 radical (unpaired) electrons. The maximum absolute atomic E-state index is 9.31. The van der Waals surface area contributed by atoms with E-state index < -0.39 is 17.4 Å². The average molecular weight is 513 g/mol. The molecule has 28 heavy (non-hydrogen) atoms. The Morgan fingerprint density at radius 1 is 0.929 bits per heavy atom. The molecule has 4 rings (SSSR count). The van der Waals surface area contributed by atoms with Gasteiger partial charge in [-0.15, -0.1) is 24.8 Å². The SMILES string of the molecule is Cl.Cl.[CH3][Zr]([CH3])(=[SiH2])([CH]1C=Cc2ccccc21)[CH]1C=C(CCCO)c2ccccc21. The van der Waals surface area contributed by atoms with Gasteiger partial charge in [-0.25, -0.2) is 0 Å². The molecule has 1 nitrogen and oxygen atoms in total. The number of hydrogen-bond donors (Lipinski definition) is 1. The molecule has 2 unspecified atom stereocenters. The molecule has 0 fully saturated rings. The first-order chi connectivity index (χ1) is 12.4. The van der Waals surface area contributed by atoms with Crippen molar-refractivity contribution in [3.05, 3.63) is 82.9 Å². The van der Waals surface area contributed by atoms with Crippen LogP contribution in [0.2, 0.25) is 9.26 Å². The van der Waals surface area contributed by atoms with Crippen molar-refractivity contribution in [1.82, 2.24) is 0 Å². The molecule has 0 aromatic heterocycles. The van der Waals surface area contributed by atoms with Gasteiger partial charge in [0.1, 0.15) is 0 Å². The van der Waals surface area contributed by atoms with E-state index in [1.807, 2.05) is 0 Å². The molecule has 5 heteroatoms. The summed E-state index contributed by atoms with van der Waals surface area (Å²) in [5.74, 6) is 0. The van der Waals surface area contributed by atoms with Crippen molar-refractivity contribution in [2.24, 2.45) is 0 Å². The van der Waals surface area contributed by atoms with Crippen LogP contribution >= 0.6 is 24.8 Å². The molecule has 0 spiro atoms. The van der Waals surface area contributed by atoms with Crippen molar-refractivity contribution in [2.75, 3.05) is 6.61 Å². The molecule has 2 aliphatic rings. The van der Waals surface area contributed by atoms with Gasteiger partial charge in [0.25, 0.3) is 0 Å². The van der Waals surface area contributed by atoms with Gasteiger partial charge in [-0.2, -0.15) is 0 Å². The number of fused-ring (bicyclic) bond motifs is 2. The van der Waals surface area contributed by atoms with E-state index in [2.05, 4.69) is 82.9 Å². The average Bonchev–Trinajstić information content (AvgIpc) is 3.23. The molecule has 2 aromatic rings. The summed E-state index contributed by atoms with van der Waals surface area (Å²) in [5, 5.41) is 9.31. The first-order valence-corrected chi connectivity index (χ1v) is 23.3. The molecule has 0 bridgehead atoms. The van der Waals surface area contributed by atoms with Crippen LogP contribution in [0, 0.1) is 0 Å². The predicted octanol–water partition coefficient (Wildman–Crippen LogP) is 5.84. The van der Waals surface area contributed by atoms with Crippen molar-refractivity contribution in [1.29, 1.82) is 0 Å². The normalized spacial score (nSPS) is 19.9. The zero-order valence-corrected chi connectivity index (χ0v) is 22.1. The number of rotatable bonds is 5. The Bertz CT molecular complexity index is 990. The number of halogens is 2. The summed E-state index contributed by atoms with van der Waals surface area (Å²) in [7, 11) is 0. The van der Waals surface area contributed by atoms with Crippen molar-refractivity contribution in [3.8, 4) is 0 Å². The summed E-state index contributed by atoms with van der Waals surface area (Å²) in [5.41, 5.74) is 7.35. The maximum atomic E-state index is 9.31. The molecular weight excluding hydrogens is 482 g/mol. The molecule has 150 valence electrons. The van der Waals surface area contributed by atoms with Crippen LogP contribution in [0.4, 0.5) is 0 Å². The van der Waals surface area contributed by atoms with E-state index in [0.29, 0.717) is 7.25 Å². The molecule has 0 aliphatic heterocycles. The van der Waals surface area contributed by atoms with E-state index in [1.54, 1.807) is 0 Å². The van der Waals surface area contributed by atoms with E-state index in [-0.39, 0.29) is 31.4 Å². The zero-order valence-electron chi connectivity index (χ0n) is 16.6. The van der Waals surface area contributed by atoms with E-state index >= 15 is 0 Å². The van der Waals surface area contributed by atoms with Gasteiger partial charge in [0.2, 0.25) is 0 Å². The van der Waals surface area contributed by atoms with Crippen LogP contribution in [0.1, 0.15) is 42.3 Å². The summed E-state index contributed by atoms with van der Waals surface area (Å²) in [4.78, 5) is 0. The minimum absolute atomic E-state index is 0. The van der Waals surface area contributed by atoms with Crippen molar-refractivity contribution in [3.63, 3.8) is 0 Å². The zero-order chi connectivity index (χ0) is 18.4. The Labute approximate surface area is 183 Å². The molecule has 2 atom stereocenters. The third kappa shape index (κ3) is 3.94. The van der Waals surface area contributed by atoms with Gasteiger partial charge in [-0.1, -0.05) is 0 Å². The summed E-state index contributed by atoms with van der Waals surface area (Å²) in [6, 6.07) is 17.9. The number of aliphatic hydroxyl groups excluding tert-OH is 1. The van der Waals surface area contributed by atoms with E-state index in [1.165, 1.54) is 27.8 Å². The standard InChI is InChI=1S/C12H13O.C9H7.2CH3.2ClH.H2Si.Zr/c13-9-3-5-11-8-7-10-4-1-2-6-12(10)11;1-2-5-9-7-3-6-8(9)4-1;;;;;;/h1-2,4,6-8,13H,3,5,9H2;1-7H;2*1H3;2*1H;1H2;. The molecule has 1 N–H and O–H groups in total. The van der Waals surface area contributed by atoms with E-state index in [9.17, 15) is 5.11 Å². The van der Waals surface area contributed by atoms with Crippen LogP contribution < -0.4 is 0 Å². The van der Waals surface area contributed by atoms with Crippen LogP contribution in [0.3, 0.4) is 0 Å². The fourth-order valence-electron chi connectivity index (χ4n) is 4.98. The van der Waals surface area contributed by atoms with Crippen molar-refractivity contribution >= 4 is 43.3 Å². The summed E-state index contributed by atoms with van der Waals surface area (Å²) in [6.45, 7) is 2.63. The van der Waals surface area contributed by atoms with Gasteiger partial charge in [-0.05, 0) is 0 Å². The van der Waals surface area contributed by atoms with E-state index in [4.69, 9.17) is 0 Å². The fraction of sp³-hybridized carbons (Fsp3) is 0.304. The molecular formula is C23H30Cl2OSiZr. The molecule has 0 saturated carbocycles. The van der Waals surface area contributed by atoms with Gasteiger partial charge in [0.15, 0.2) is 0 Å². The van der Waals surface area contributed by atoms with Crippen molar-refractivity contribution in [2.45, 2.75) is 29.4 Å². The Hall–Kier alpha value is -0.440. The molecule has 0 heterocycles. The van der Waals surface area contributed by atoms with Gasteiger partial charge in [-0.3, -0.25) is 0 Å². The second-order valence-electron chi connectivity index (χ2n) is 8.99. The Morgan fingerprint density at radius 2 is 1.57 bits per heavy atom. The van der Waals surface area contributed by atoms with Gasteiger partial charge in [0, 0.05) is 0 Å². The summed E-state index contributed by atoms with van der Waals surface area (Å²) < 4.78 is 6.45. The number of hydrogen-bond acceptors (Lipinski definition) is 1. The monoisotopic (exact) mass is 510 g/mol. The first-order valence-electron chi connectivity index (χ1n) is 9.66. The topological polar surface area (TPSA) is 20.2 Å². The second-order valence-corrected chi connectivity index (χ2v) is 39.7. The summed E-state index contributed by atoms with van der Waals surface area (Å²) in [6.07, 6.45) is 9.24. The Balaban J connectivity index is 0.00000140. The fourth-order valence-corrected chi connectivity index (χ4v) is 20.0. The van der Waals surface area contributed by atoms with Crippen LogP contribution in [0.15, 0.2) is 60.7 Å². The van der Waals surface area contributed by atoms with Crippen LogP contribution in [-0.4, -0.2) is 18.6 Å². The number of aliphatic hydroxyl groups is 1. The number of benzene rings is 2. The molecule has 2 aliphatic carbocycles. The van der Waals surface area contributed by atoms with Crippen LogP contribution in [-0.2, 0) is 17.4 Å². The summed E-state index contributed by atoms with van der Waals surface area (Å²) >= 11 is -3.19. The van der Waals surface area contributed by atoms with Gasteiger partial charge < -0.3 is 0 Å². The van der Waals surface area contributed by atoms with Crippen LogP contribution in [0.25, 0.3) is 11.6 Å². The molecule has 2 aromatic carbocycles.